The van der Waals surface area contributed by atoms with Crippen LogP contribution in [-0.2, 0) is 0 Å². The monoisotopic (exact) mass is 309 g/mol. The molecule has 0 spiro atoms. The molecule has 0 saturated heterocycles. The third kappa shape index (κ3) is 3.20. The van der Waals surface area contributed by atoms with Crippen molar-refractivity contribution in [1.82, 2.24) is 9.78 Å². The number of nitrogens with one attached hydrogen (secondary N) is 1. The second-order valence-corrected chi connectivity index (χ2v) is 5.56. The fraction of sp³-hybridized carbons (Fsp3) is 0.0588. The minimum Gasteiger partial charge on any atom is -0.322 e. The van der Waals surface area contributed by atoms with Gasteiger partial charge < -0.3 is 5.32 Å². The summed E-state index contributed by atoms with van der Waals surface area (Å²) in [5, 5.41) is 7.05. The van der Waals surface area contributed by atoms with Gasteiger partial charge >= 0.3 is 0 Å². The second kappa shape index (κ2) is 6.49. The Morgan fingerprint density at radius 1 is 1.09 bits per heavy atom. The van der Waals surface area contributed by atoms with Crippen molar-refractivity contribution in [2.24, 2.45) is 0 Å². The highest BCUT2D eigenvalue weighted by Gasteiger charge is 2.06. The van der Waals surface area contributed by atoms with Crippen molar-refractivity contribution in [1.29, 1.82) is 0 Å². The zero-order chi connectivity index (χ0) is 15.4. The Morgan fingerprint density at radius 3 is 2.41 bits per heavy atom. The van der Waals surface area contributed by atoms with Crippen LogP contribution in [0.5, 0.6) is 0 Å². The number of rotatable bonds is 4. The molecule has 0 atom stereocenters. The summed E-state index contributed by atoms with van der Waals surface area (Å²) < 4.78 is 1.75. The van der Waals surface area contributed by atoms with Gasteiger partial charge in [0.1, 0.15) is 0 Å². The molecule has 0 fully saturated rings. The molecule has 0 bridgehead atoms. The SMILES string of the molecule is CSc1ccc(NC(=O)c2ccc(-n3cccn3)cc2)cc1. The fourth-order valence-electron chi connectivity index (χ4n) is 2.06. The summed E-state index contributed by atoms with van der Waals surface area (Å²) in [5.41, 5.74) is 2.33. The van der Waals surface area contributed by atoms with E-state index in [0.717, 1.165) is 11.4 Å². The van der Waals surface area contributed by atoms with E-state index >= 15 is 0 Å². The Kier molecular flexibility index (Phi) is 4.25. The highest BCUT2D eigenvalue weighted by Crippen LogP contribution is 2.18. The maximum absolute atomic E-state index is 12.2. The molecule has 5 heteroatoms. The van der Waals surface area contributed by atoms with Crippen molar-refractivity contribution in [2.45, 2.75) is 4.90 Å². The van der Waals surface area contributed by atoms with Gasteiger partial charge in [0.2, 0.25) is 0 Å². The normalized spacial score (nSPS) is 10.4. The highest BCUT2D eigenvalue weighted by atomic mass is 32.2. The molecule has 1 aromatic heterocycles. The Balaban J connectivity index is 1.71. The van der Waals surface area contributed by atoms with Gasteiger partial charge in [-0.15, -0.1) is 11.8 Å². The molecule has 0 saturated carbocycles. The van der Waals surface area contributed by atoms with Crippen LogP contribution in [0.2, 0.25) is 0 Å². The van der Waals surface area contributed by atoms with Crippen LogP contribution in [0.3, 0.4) is 0 Å². The lowest BCUT2D eigenvalue weighted by Gasteiger charge is -2.07. The first kappa shape index (κ1) is 14.4. The molecule has 2 aromatic carbocycles. The molecule has 0 aliphatic rings. The van der Waals surface area contributed by atoms with Crippen LogP contribution in [0.4, 0.5) is 5.69 Å². The lowest BCUT2D eigenvalue weighted by molar-refractivity contribution is 0.102. The van der Waals surface area contributed by atoms with Gasteiger partial charge in [0.15, 0.2) is 0 Å². The van der Waals surface area contributed by atoms with E-state index in [4.69, 9.17) is 0 Å². The molecule has 4 nitrogen and oxygen atoms in total. The number of carbonyl (C=O) groups excluding carboxylic acids is 1. The molecule has 0 aliphatic carbocycles. The molecule has 3 aromatic rings. The summed E-state index contributed by atoms with van der Waals surface area (Å²) in [6, 6.07) is 17.0. The van der Waals surface area contributed by atoms with Crippen LogP contribution in [-0.4, -0.2) is 21.9 Å². The third-order valence-electron chi connectivity index (χ3n) is 3.25. The van der Waals surface area contributed by atoms with E-state index in [1.807, 2.05) is 54.9 Å². The Hall–Kier alpha value is -2.53. The first-order valence-electron chi connectivity index (χ1n) is 6.82. The number of hydrogen-bond donors (Lipinski definition) is 1. The molecule has 3 rings (SSSR count). The minimum atomic E-state index is -0.121. The number of nitrogens with zero attached hydrogens (tertiary/aromatic N) is 2. The summed E-state index contributed by atoms with van der Waals surface area (Å²) in [5.74, 6) is -0.121. The summed E-state index contributed by atoms with van der Waals surface area (Å²) >= 11 is 1.67. The van der Waals surface area contributed by atoms with Gasteiger partial charge in [0, 0.05) is 28.5 Å². The third-order valence-corrected chi connectivity index (χ3v) is 3.99. The van der Waals surface area contributed by atoms with Crippen LogP contribution in [0.15, 0.2) is 71.9 Å². The van der Waals surface area contributed by atoms with E-state index < -0.39 is 0 Å². The summed E-state index contributed by atoms with van der Waals surface area (Å²) in [6.07, 6.45) is 5.61. The molecule has 110 valence electrons. The largest absolute Gasteiger partial charge is 0.322 e. The zero-order valence-corrected chi connectivity index (χ0v) is 12.9. The standard InChI is InChI=1S/C17H15N3OS/c1-22-16-9-5-14(6-10-16)19-17(21)13-3-7-15(8-4-13)20-12-2-11-18-20/h2-12H,1H3,(H,19,21). The van der Waals surface area contributed by atoms with Gasteiger partial charge in [-0.3, -0.25) is 4.79 Å². The van der Waals surface area contributed by atoms with E-state index in [0.29, 0.717) is 5.56 Å². The number of aromatic nitrogens is 2. The van der Waals surface area contributed by atoms with Crippen LogP contribution < -0.4 is 5.32 Å². The van der Waals surface area contributed by atoms with Crippen molar-refractivity contribution in [2.75, 3.05) is 11.6 Å². The van der Waals surface area contributed by atoms with Crippen molar-refractivity contribution in [3.63, 3.8) is 0 Å². The van der Waals surface area contributed by atoms with Crippen molar-refractivity contribution in [3.05, 3.63) is 72.6 Å². The Morgan fingerprint density at radius 2 is 1.82 bits per heavy atom. The Bertz CT molecular complexity index is 750. The first-order chi connectivity index (χ1) is 10.8. The molecule has 22 heavy (non-hydrogen) atoms. The quantitative estimate of drug-likeness (QED) is 0.745. The number of benzene rings is 2. The van der Waals surface area contributed by atoms with Crippen LogP contribution in [0.1, 0.15) is 10.4 Å². The zero-order valence-electron chi connectivity index (χ0n) is 12.1. The Labute approximate surface area is 133 Å². The van der Waals surface area contributed by atoms with Gasteiger partial charge in [0.25, 0.3) is 5.91 Å². The lowest BCUT2D eigenvalue weighted by Crippen LogP contribution is -2.11. The molecule has 1 N–H and O–H groups in total. The molecule has 0 unspecified atom stereocenters. The molecule has 1 amide bonds. The van der Waals surface area contributed by atoms with E-state index in [9.17, 15) is 4.79 Å². The fourth-order valence-corrected chi connectivity index (χ4v) is 2.47. The van der Waals surface area contributed by atoms with Gasteiger partial charge in [0.05, 0.1) is 5.69 Å². The molecule has 0 radical (unpaired) electrons. The topological polar surface area (TPSA) is 46.9 Å². The maximum atomic E-state index is 12.2. The average molecular weight is 309 g/mol. The number of anilines is 1. The van der Waals surface area contributed by atoms with E-state index in [1.165, 1.54) is 4.90 Å². The van der Waals surface area contributed by atoms with Crippen molar-refractivity contribution in [3.8, 4) is 5.69 Å². The van der Waals surface area contributed by atoms with Gasteiger partial charge in [-0.05, 0) is 60.9 Å². The van der Waals surface area contributed by atoms with E-state index in [2.05, 4.69) is 10.4 Å². The highest BCUT2D eigenvalue weighted by molar-refractivity contribution is 7.98. The molecular weight excluding hydrogens is 294 g/mol. The number of carbonyl (C=O) groups is 1. The average Bonchev–Trinajstić information content (AvgIpc) is 3.10. The molecule has 1 heterocycles. The van der Waals surface area contributed by atoms with Gasteiger partial charge in [-0.2, -0.15) is 5.10 Å². The van der Waals surface area contributed by atoms with Crippen molar-refractivity contribution < 1.29 is 4.79 Å². The predicted octanol–water partition coefficient (Wildman–Crippen LogP) is 3.85. The second-order valence-electron chi connectivity index (χ2n) is 4.68. The van der Waals surface area contributed by atoms with E-state index in [1.54, 1.807) is 34.8 Å². The van der Waals surface area contributed by atoms with Crippen LogP contribution in [0.25, 0.3) is 5.69 Å². The molecular formula is C17H15N3OS. The summed E-state index contributed by atoms with van der Waals surface area (Å²) in [6.45, 7) is 0. The van der Waals surface area contributed by atoms with Crippen LogP contribution in [0, 0.1) is 0 Å². The number of amides is 1. The number of thioether (sulfide) groups is 1. The number of hydrogen-bond acceptors (Lipinski definition) is 3. The van der Waals surface area contributed by atoms with Crippen LogP contribution >= 0.6 is 11.8 Å². The predicted molar refractivity (Wildman–Crippen MR) is 89.7 cm³/mol. The first-order valence-corrected chi connectivity index (χ1v) is 8.04. The summed E-state index contributed by atoms with van der Waals surface area (Å²) in [7, 11) is 0. The van der Waals surface area contributed by atoms with E-state index in [-0.39, 0.29) is 5.91 Å². The maximum Gasteiger partial charge on any atom is 0.255 e. The molecule has 0 aliphatic heterocycles. The lowest BCUT2D eigenvalue weighted by atomic mass is 10.2. The van der Waals surface area contributed by atoms with Crippen molar-refractivity contribution >= 4 is 23.4 Å². The van der Waals surface area contributed by atoms with Gasteiger partial charge in [-0.1, -0.05) is 0 Å². The smallest absolute Gasteiger partial charge is 0.255 e. The summed E-state index contributed by atoms with van der Waals surface area (Å²) in [4.78, 5) is 13.4. The minimum absolute atomic E-state index is 0.121. The van der Waals surface area contributed by atoms with Gasteiger partial charge in [-0.25, -0.2) is 4.68 Å².